The molecule has 18 heavy (non-hydrogen) atoms. The Morgan fingerprint density at radius 2 is 2.33 bits per heavy atom. The van der Waals surface area contributed by atoms with E-state index in [1.807, 2.05) is 18.2 Å². The first-order chi connectivity index (χ1) is 8.88. The highest BCUT2D eigenvalue weighted by Gasteiger charge is 2.23. The van der Waals surface area contributed by atoms with Crippen LogP contribution in [0.1, 0.15) is 30.4 Å². The molecule has 1 N–H and O–H groups in total. The molecule has 1 atom stereocenters. The summed E-state index contributed by atoms with van der Waals surface area (Å²) in [6, 6.07) is 5.91. The van der Waals surface area contributed by atoms with Crippen molar-refractivity contribution in [2.45, 2.75) is 31.8 Å². The van der Waals surface area contributed by atoms with E-state index in [1.54, 1.807) is 0 Å². The smallest absolute Gasteiger partial charge is 0.123 e. The maximum absolute atomic E-state index is 8.93. The molecule has 1 heterocycles. The van der Waals surface area contributed by atoms with Crippen LogP contribution < -0.4 is 4.74 Å². The van der Waals surface area contributed by atoms with Crippen molar-refractivity contribution in [2.75, 3.05) is 13.2 Å². The summed E-state index contributed by atoms with van der Waals surface area (Å²) in [5.41, 5.74) is 2.93. The van der Waals surface area contributed by atoms with Crippen molar-refractivity contribution >= 4 is 5.71 Å². The van der Waals surface area contributed by atoms with Gasteiger partial charge in [-0.25, -0.2) is 0 Å². The number of hydrogen-bond acceptors (Lipinski definition) is 4. The van der Waals surface area contributed by atoms with Crippen molar-refractivity contribution < 1.29 is 14.7 Å². The van der Waals surface area contributed by atoms with Crippen LogP contribution >= 0.6 is 0 Å². The van der Waals surface area contributed by atoms with Crippen LogP contribution in [-0.4, -0.2) is 30.2 Å². The normalized spacial score (nSPS) is 24.4. The van der Waals surface area contributed by atoms with Gasteiger partial charge in [0, 0.05) is 17.7 Å². The minimum atomic E-state index is 0.230. The Kier molecular flexibility index (Phi) is 3.19. The summed E-state index contributed by atoms with van der Waals surface area (Å²) in [7, 11) is 0. The van der Waals surface area contributed by atoms with Crippen LogP contribution in [0.3, 0.4) is 0 Å². The zero-order valence-corrected chi connectivity index (χ0v) is 10.3. The average molecular weight is 247 g/mol. The maximum atomic E-state index is 8.93. The lowest BCUT2D eigenvalue weighted by Crippen LogP contribution is -2.16. The van der Waals surface area contributed by atoms with E-state index in [1.165, 1.54) is 0 Å². The van der Waals surface area contributed by atoms with Crippen LogP contribution in [0.4, 0.5) is 0 Å². The van der Waals surface area contributed by atoms with Gasteiger partial charge >= 0.3 is 0 Å². The molecule has 4 nitrogen and oxygen atoms in total. The Labute approximate surface area is 106 Å². The number of oxime groups is 1. The van der Waals surface area contributed by atoms with E-state index in [4.69, 9.17) is 14.7 Å². The molecule has 0 saturated carbocycles. The third kappa shape index (κ3) is 2.08. The van der Waals surface area contributed by atoms with Gasteiger partial charge in [0.25, 0.3) is 0 Å². The summed E-state index contributed by atoms with van der Waals surface area (Å²) < 4.78 is 11.4. The second kappa shape index (κ2) is 4.98. The van der Waals surface area contributed by atoms with Crippen molar-refractivity contribution in [1.29, 1.82) is 0 Å². The molecule has 1 aromatic rings. The molecule has 0 radical (unpaired) electrons. The number of rotatable bonds is 3. The SMILES string of the molecule is ON=C1CCc2c(OCC3CCCO3)cccc21. The molecule has 3 rings (SSSR count). The monoisotopic (exact) mass is 247 g/mol. The highest BCUT2D eigenvalue weighted by molar-refractivity contribution is 6.04. The second-order valence-electron chi connectivity index (χ2n) is 4.77. The van der Waals surface area contributed by atoms with E-state index in [-0.39, 0.29) is 6.10 Å². The first kappa shape index (κ1) is 11.5. The third-order valence-electron chi connectivity index (χ3n) is 3.63. The van der Waals surface area contributed by atoms with Crippen molar-refractivity contribution in [2.24, 2.45) is 5.16 Å². The topological polar surface area (TPSA) is 51.1 Å². The molecular formula is C14H17NO3. The number of ether oxygens (including phenoxy) is 2. The van der Waals surface area contributed by atoms with E-state index in [2.05, 4.69) is 5.16 Å². The number of fused-ring (bicyclic) bond motifs is 1. The fourth-order valence-corrected chi connectivity index (χ4v) is 2.67. The van der Waals surface area contributed by atoms with Gasteiger partial charge in [-0.15, -0.1) is 0 Å². The zero-order valence-electron chi connectivity index (χ0n) is 10.3. The first-order valence-corrected chi connectivity index (χ1v) is 6.46. The molecule has 0 spiro atoms. The molecular weight excluding hydrogens is 230 g/mol. The molecule has 1 aliphatic heterocycles. The van der Waals surface area contributed by atoms with Crippen molar-refractivity contribution in [3.8, 4) is 5.75 Å². The highest BCUT2D eigenvalue weighted by atomic mass is 16.5. The number of hydrogen-bond donors (Lipinski definition) is 1. The van der Waals surface area contributed by atoms with Gasteiger partial charge in [-0.05, 0) is 31.7 Å². The fraction of sp³-hybridized carbons (Fsp3) is 0.500. The van der Waals surface area contributed by atoms with Crippen LogP contribution in [0, 0.1) is 0 Å². The Morgan fingerprint density at radius 3 is 3.11 bits per heavy atom. The molecule has 1 fully saturated rings. The Balaban J connectivity index is 1.75. The van der Waals surface area contributed by atoms with Crippen molar-refractivity contribution in [1.82, 2.24) is 0 Å². The third-order valence-corrected chi connectivity index (χ3v) is 3.63. The van der Waals surface area contributed by atoms with Crippen molar-refractivity contribution in [3.05, 3.63) is 29.3 Å². The van der Waals surface area contributed by atoms with Gasteiger partial charge in [-0.3, -0.25) is 0 Å². The molecule has 2 aliphatic rings. The van der Waals surface area contributed by atoms with Crippen LogP contribution in [0.2, 0.25) is 0 Å². The minimum absolute atomic E-state index is 0.230. The lowest BCUT2D eigenvalue weighted by atomic mass is 10.1. The zero-order chi connectivity index (χ0) is 12.4. The van der Waals surface area contributed by atoms with E-state index in [0.29, 0.717) is 6.61 Å². The lowest BCUT2D eigenvalue weighted by molar-refractivity contribution is 0.0676. The largest absolute Gasteiger partial charge is 0.491 e. The summed E-state index contributed by atoms with van der Waals surface area (Å²) >= 11 is 0. The molecule has 1 aliphatic carbocycles. The number of benzene rings is 1. The summed E-state index contributed by atoms with van der Waals surface area (Å²) in [4.78, 5) is 0. The van der Waals surface area contributed by atoms with E-state index in [9.17, 15) is 0 Å². The second-order valence-corrected chi connectivity index (χ2v) is 4.77. The summed E-state index contributed by atoms with van der Waals surface area (Å²) in [6.07, 6.45) is 4.11. The van der Waals surface area contributed by atoms with Crippen LogP contribution in [0.25, 0.3) is 0 Å². The fourth-order valence-electron chi connectivity index (χ4n) is 2.67. The summed E-state index contributed by atoms with van der Waals surface area (Å²) in [5, 5.41) is 12.3. The van der Waals surface area contributed by atoms with Gasteiger partial charge in [0.2, 0.25) is 0 Å². The number of nitrogens with zero attached hydrogens (tertiary/aromatic N) is 1. The summed E-state index contributed by atoms with van der Waals surface area (Å²) in [6.45, 7) is 1.46. The molecule has 0 bridgehead atoms. The molecule has 0 aromatic heterocycles. The average Bonchev–Trinajstić information content (AvgIpc) is 3.05. The van der Waals surface area contributed by atoms with E-state index in [0.717, 1.165) is 54.9 Å². The molecule has 4 heteroatoms. The van der Waals surface area contributed by atoms with E-state index < -0.39 is 0 Å². The Hall–Kier alpha value is -1.55. The predicted octanol–water partition coefficient (Wildman–Crippen LogP) is 2.37. The van der Waals surface area contributed by atoms with E-state index >= 15 is 0 Å². The Morgan fingerprint density at radius 1 is 1.39 bits per heavy atom. The van der Waals surface area contributed by atoms with Gasteiger partial charge in [-0.2, -0.15) is 0 Å². The molecule has 0 amide bonds. The molecule has 1 saturated heterocycles. The predicted molar refractivity (Wildman–Crippen MR) is 67.6 cm³/mol. The lowest BCUT2D eigenvalue weighted by Gasteiger charge is -2.14. The molecule has 96 valence electrons. The standard InChI is InChI=1S/C14H17NO3/c16-15-13-7-6-12-11(13)4-1-5-14(12)18-9-10-3-2-8-17-10/h1,4-5,10,16H,2-3,6-9H2. The van der Waals surface area contributed by atoms with Crippen LogP contribution in [-0.2, 0) is 11.2 Å². The maximum Gasteiger partial charge on any atom is 0.123 e. The van der Waals surface area contributed by atoms with Gasteiger partial charge in [0.05, 0.1) is 11.8 Å². The van der Waals surface area contributed by atoms with Crippen LogP contribution in [0.15, 0.2) is 23.4 Å². The van der Waals surface area contributed by atoms with Crippen LogP contribution in [0.5, 0.6) is 5.75 Å². The molecule has 1 unspecified atom stereocenters. The highest BCUT2D eigenvalue weighted by Crippen LogP contribution is 2.31. The van der Waals surface area contributed by atoms with Gasteiger partial charge in [0.15, 0.2) is 0 Å². The van der Waals surface area contributed by atoms with Gasteiger partial charge in [-0.1, -0.05) is 17.3 Å². The quantitative estimate of drug-likeness (QED) is 0.659. The van der Waals surface area contributed by atoms with Crippen molar-refractivity contribution in [3.63, 3.8) is 0 Å². The Bertz CT molecular complexity index is 464. The van der Waals surface area contributed by atoms with Gasteiger partial charge in [0.1, 0.15) is 12.4 Å². The molecule has 1 aromatic carbocycles. The first-order valence-electron chi connectivity index (χ1n) is 6.46. The van der Waals surface area contributed by atoms with Gasteiger partial charge < -0.3 is 14.7 Å². The summed E-state index contributed by atoms with van der Waals surface area (Å²) in [5.74, 6) is 0.904. The minimum Gasteiger partial charge on any atom is -0.491 e.